The zero-order chi connectivity index (χ0) is 15.1. The lowest BCUT2D eigenvalue weighted by Crippen LogP contribution is -2.38. The molecule has 1 aliphatic rings. The molecule has 0 aromatic carbocycles. The number of rotatable bonds is 8. The van der Waals surface area contributed by atoms with Crippen molar-refractivity contribution in [1.29, 1.82) is 0 Å². The number of carboxylic acid groups (broad SMARTS) is 1. The third-order valence-electron chi connectivity index (χ3n) is 2.89. The van der Waals surface area contributed by atoms with Crippen molar-refractivity contribution in [2.24, 2.45) is 0 Å². The Kier molecular flexibility index (Phi) is 5.89. The first-order valence-corrected chi connectivity index (χ1v) is 6.44. The van der Waals surface area contributed by atoms with Crippen molar-refractivity contribution in [1.82, 2.24) is 10.2 Å². The zero-order valence-corrected chi connectivity index (χ0v) is 11.3. The van der Waals surface area contributed by atoms with Gasteiger partial charge in [0.2, 0.25) is 5.91 Å². The van der Waals surface area contributed by atoms with E-state index in [0.29, 0.717) is 18.4 Å². The van der Waals surface area contributed by atoms with E-state index in [1.54, 1.807) is 6.92 Å². The molecule has 7 nitrogen and oxygen atoms in total. The molecular weight excluding hydrogens is 264 g/mol. The van der Waals surface area contributed by atoms with Crippen LogP contribution in [0.25, 0.3) is 0 Å². The van der Waals surface area contributed by atoms with Crippen molar-refractivity contribution in [2.75, 3.05) is 13.1 Å². The highest BCUT2D eigenvalue weighted by Crippen LogP contribution is 2.10. The van der Waals surface area contributed by atoms with Gasteiger partial charge >= 0.3 is 5.97 Å². The quantitative estimate of drug-likeness (QED) is 0.484. The van der Waals surface area contributed by atoms with Gasteiger partial charge in [-0.1, -0.05) is 0 Å². The van der Waals surface area contributed by atoms with E-state index in [-0.39, 0.29) is 43.7 Å². The molecule has 20 heavy (non-hydrogen) atoms. The minimum absolute atomic E-state index is 0.0506. The van der Waals surface area contributed by atoms with Crippen LogP contribution in [0.1, 0.15) is 32.6 Å². The number of hydrogen-bond donors (Lipinski definition) is 2. The van der Waals surface area contributed by atoms with Gasteiger partial charge in [0.25, 0.3) is 11.8 Å². The number of nitrogens with one attached hydrogen (secondary N) is 1. The molecule has 0 atom stereocenters. The fourth-order valence-electron chi connectivity index (χ4n) is 1.81. The fourth-order valence-corrected chi connectivity index (χ4v) is 1.81. The second-order valence-electron chi connectivity index (χ2n) is 4.57. The van der Waals surface area contributed by atoms with Gasteiger partial charge in [0.05, 0.1) is 0 Å². The van der Waals surface area contributed by atoms with Crippen LogP contribution in [0.2, 0.25) is 0 Å². The van der Waals surface area contributed by atoms with E-state index in [0.717, 1.165) is 4.90 Å². The number of hydrogen-bond acceptors (Lipinski definition) is 4. The van der Waals surface area contributed by atoms with Gasteiger partial charge in [0.15, 0.2) is 0 Å². The number of carboxylic acids is 1. The fraction of sp³-hybridized carbons (Fsp3) is 0.538. The lowest BCUT2D eigenvalue weighted by Gasteiger charge is -2.14. The van der Waals surface area contributed by atoms with Crippen LogP contribution in [0.4, 0.5) is 0 Å². The molecule has 0 radical (unpaired) electrons. The van der Waals surface area contributed by atoms with E-state index < -0.39 is 5.97 Å². The Labute approximate surface area is 116 Å². The van der Waals surface area contributed by atoms with Gasteiger partial charge in [-0.15, -0.1) is 0 Å². The topological polar surface area (TPSA) is 104 Å². The molecule has 0 bridgehead atoms. The van der Waals surface area contributed by atoms with Crippen LogP contribution in [-0.2, 0) is 19.2 Å². The van der Waals surface area contributed by atoms with Crippen LogP contribution in [0.15, 0.2) is 11.6 Å². The highest BCUT2D eigenvalue weighted by molar-refractivity contribution is 6.15. The second-order valence-corrected chi connectivity index (χ2v) is 4.57. The van der Waals surface area contributed by atoms with Crippen LogP contribution in [0.3, 0.4) is 0 Å². The van der Waals surface area contributed by atoms with Crippen molar-refractivity contribution < 1.29 is 24.3 Å². The summed E-state index contributed by atoms with van der Waals surface area (Å²) >= 11 is 0. The first kappa shape index (κ1) is 15.9. The molecular formula is C13H18N2O5. The minimum atomic E-state index is -0.876. The normalized spacial score (nSPS) is 14.4. The first-order valence-electron chi connectivity index (χ1n) is 6.44. The van der Waals surface area contributed by atoms with E-state index in [4.69, 9.17) is 5.11 Å². The predicted octanol–water partition coefficient (Wildman–Crippen LogP) is 0.0627. The molecule has 0 aliphatic carbocycles. The smallest absolute Gasteiger partial charge is 0.303 e. The van der Waals surface area contributed by atoms with E-state index >= 15 is 0 Å². The number of carbonyl (C=O) groups is 4. The highest BCUT2D eigenvalue weighted by atomic mass is 16.4. The summed E-state index contributed by atoms with van der Waals surface area (Å²) in [4.78, 5) is 45.7. The molecule has 0 saturated heterocycles. The van der Waals surface area contributed by atoms with Crippen molar-refractivity contribution in [3.05, 3.63) is 11.6 Å². The number of amides is 3. The molecule has 1 aliphatic heterocycles. The Balaban J connectivity index is 2.15. The maximum atomic E-state index is 11.5. The number of nitrogens with zero attached hydrogens (tertiary/aromatic N) is 1. The molecule has 1 rings (SSSR count). The lowest BCUT2D eigenvalue weighted by atomic mass is 10.2. The molecule has 0 spiro atoms. The van der Waals surface area contributed by atoms with E-state index in [2.05, 4.69) is 5.32 Å². The molecule has 0 saturated carbocycles. The van der Waals surface area contributed by atoms with Crippen LogP contribution >= 0.6 is 0 Å². The number of imide groups is 1. The highest BCUT2D eigenvalue weighted by Gasteiger charge is 2.27. The molecule has 0 aromatic heterocycles. The Morgan fingerprint density at radius 1 is 1.25 bits per heavy atom. The summed E-state index contributed by atoms with van der Waals surface area (Å²) in [5.41, 5.74) is 0.398. The Morgan fingerprint density at radius 2 is 1.90 bits per heavy atom. The third kappa shape index (κ3) is 4.83. The average Bonchev–Trinajstić information content (AvgIpc) is 2.61. The summed E-state index contributed by atoms with van der Waals surface area (Å²) in [6.07, 6.45) is 2.52. The number of unbranched alkanes of at least 4 members (excludes halogenated alkanes) is 1. The Hall–Kier alpha value is -2.18. The molecule has 110 valence electrons. The van der Waals surface area contributed by atoms with Gasteiger partial charge in [0.1, 0.15) is 0 Å². The molecule has 2 N–H and O–H groups in total. The average molecular weight is 282 g/mol. The van der Waals surface area contributed by atoms with Crippen LogP contribution in [-0.4, -0.2) is 46.8 Å². The third-order valence-corrected chi connectivity index (χ3v) is 2.89. The zero-order valence-electron chi connectivity index (χ0n) is 11.3. The lowest BCUT2D eigenvalue weighted by molar-refractivity contribution is -0.138. The maximum Gasteiger partial charge on any atom is 0.303 e. The van der Waals surface area contributed by atoms with E-state index in [1.165, 1.54) is 6.08 Å². The summed E-state index contributed by atoms with van der Waals surface area (Å²) in [5.74, 6) is -1.77. The Morgan fingerprint density at radius 3 is 2.45 bits per heavy atom. The monoisotopic (exact) mass is 282 g/mol. The molecule has 7 heteroatoms. The van der Waals surface area contributed by atoms with Gasteiger partial charge in [-0.25, -0.2) is 0 Å². The first-order chi connectivity index (χ1) is 9.41. The molecule has 0 fully saturated rings. The van der Waals surface area contributed by atoms with Gasteiger partial charge < -0.3 is 10.4 Å². The number of aliphatic carboxylic acids is 1. The van der Waals surface area contributed by atoms with Gasteiger partial charge in [-0.2, -0.15) is 0 Å². The van der Waals surface area contributed by atoms with Crippen molar-refractivity contribution in [3.8, 4) is 0 Å². The maximum absolute atomic E-state index is 11.5. The largest absolute Gasteiger partial charge is 0.481 e. The standard InChI is InChI=1S/C13H18N2O5/c1-9-8-11(17)15(13(9)20)7-6-14-10(16)4-2-3-5-12(18)19/h8H,2-7H2,1H3,(H,14,16)(H,18,19). The summed E-state index contributed by atoms with van der Waals surface area (Å²) in [7, 11) is 0. The van der Waals surface area contributed by atoms with Crippen molar-refractivity contribution >= 4 is 23.7 Å². The summed E-state index contributed by atoms with van der Waals surface area (Å²) in [5, 5.41) is 11.0. The van der Waals surface area contributed by atoms with E-state index in [1.807, 2.05) is 0 Å². The van der Waals surface area contributed by atoms with Gasteiger partial charge in [0, 0.05) is 37.6 Å². The number of carbonyl (C=O) groups excluding carboxylic acids is 3. The minimum Gasteiger partial charge on any atom is -0.481 e. The summed E-state index contributed by atoms with van der Waals surface area (Å²) < 4.78 is 0. The van der Waals surface area contributed by atoms with Crippen LogP contribution < -0.4 is 5.32 Å². The summed E-state index contributed by atoms with van der Waals surface area (Å²) in [6.45, 7) is 1.92. The molecule has 3 amide bonds. The van der Waals surface area contributed by atoms with E-state index in [9.17, 15) is 19.2 Å². The van der Waals surface area contributed by atoms with Crippen LogP contribution in [0, 0.1) is 0 Å². The van der Waals surface area contributed by atoms with Crippen molar-refractivity contribution in [2.45, 2.75) is 32.6 Å². The van der Waals surface area contributed by atoms with Crippen LogP contribution in [0.5, 0.6) is 0 Å². The molecule has 0 aromatic rings. The molecule has 1 heterocycles. The second kappa shape index (κ2) is 7.42. The van der Waals surface area contributed by atoms with Crippen molar-refractivity contribution in [3.63, 3.8) is 0 Å². The summed E-state index contributed by atoms with van der Waals surface area (Å²) in [6, 6.07) is 0. The van der Waals surface area contributed by atoms with Gasteiger partial charge in [-0.3, -0.25) is 24.1 Å². The molecule has 0 unspecified atom stereocenters. The SMILES string of the molecule is CC1=CC(=O)N(CCNC(=O)CCCCC(=O)O)C1=O. The predicted molar refractivity (Wildman–Crippen MR) is 69.6 cm³/mol. The Bertz CT molecular complexity index is 456. The van der Waals surface area contributed by atoms with Gasteiger partial charge in [-0.05, 0) is 19.8 Å².